The number of amides is 1. The van der Waals surface area contributed by atoms with Crippen LogP contribution in [0, 0.1) is 0 Å². The molecule has 0 radical (unpaired) electrons. The minimum atomic E-state index is -1.02. The minimum absolute atomic E-state index is 0.104. The highest BCUT2D eigenvalue weighted by Crippen LogP contribution is 2.22. The summed E-state index contributed by atoms with van der Waals surface area (Å²) in [6.07, 6.45) is 0. The van der Waals surface area contributed by atoms with Crippen molar-refractivity contribution < 1.29 is 9.59 Å². The Bertz CT molecular complexity index is 607. The monoisotopic (exact) mass is 267 g/mol. The van der Waals surface area contributed by atoms with Crippen molar-refractivity contribution in [2.24, 2.45) is 0 Å². The van der Waals surface area contributed by atoms with E-state index in [0.29, 0.717) is 5.56 Å². The lowest BCUT2D eigenvalue weighted by molar-refractivity contribution is -0.122. The Morgan fingerprint density at radius 3 is 1.90 bits per heavy atom. The van der Waals surface area contributed by atoms with Crippen LogP contribution in [0.3, 0.4) is 0 Å². The van der Waals surface area contributed by atoms with Crippen LogP contribution in [-0.4, -0.2) is 11.7 Å². The number of rotatable bonds is 4. The number of Topliss-reactive ketones (excluding diaryl/α,β-unsaturated/α-hetero) is 1. The second kappa shape index (κ2) is 5.70. The summed E-state index contributed by atoms with van der Waals surface area (Å²) >= 11 is 0. The van der Waals surface area contributed by atoms with Crippen LogP contribution in [0.5, 0.6) is 0 Å². The van der Waals surface area contributed by atoms with Crippen LogP contribution < -0.4 is 5.32 Å². The molecule has 2 aromatic rings. The van der Waals surface area contributed by atoms with Gasteiger partial charge in [0.15, 0.2) is 5.78 Å². The largest absolute Gasteiger partial charge is 0.336 e. The molecule has 0 aromatic heterocycles. The molecule has 102 valence electrons. The standard InChI is InChI=1S/C17H17NO2/c1-13(19)17(2,15-11-7-4-8-12-15)18-16(20)14-9-5-3-6-10-14/h3-12H,1-2H3,(H,18,20)/t17-/m0/s1. The van der Waals surface area contributed by atoms with Gasteiger partial charge in [0.05, 0.1) is 0 Å². The van der Waals surface area contributed by atoms with Crippen LogP contribution in [0.25, 0.3) is 0 Å². The number of carbonyl (C=O) groups excluding carboxylic acids is 2. The summed E-state index contributed by atoms with van der Waals surface area (Å²) in [7, 11) is 0. The quantitative estimate of drug-likeness (QED) is 0.925. The van der Waals surface area contributed by atoms with Crippen molar-refractivity contribution in [2.45, 2.75) is 19.4 Å². The van der Waals surface area contributed by atoms with Gasteiger partial charge in [-0.2, -0.15) is 0 Å². The van der Waals surface area contributed by atoms with Crippen molar-refractivity contribution in [3.05, 3.63) is 71.8 Å². The van der Waals surface area contributed by atoms with Gasteiger partial charge in [-0.3, -0.25) is 9.59 Å². The predicted molar refractivity (Wildman–Crippen MR) is 78.4 cm³/mol. The molecule has 1 atom stereocenters. The van der Waals surface area contributed by atoms with E-state index in [-0.39, 0.29) is 11.7 Å². The average molecular weight is 267 g/mol. The SMILES string of the molecule is CC(=O)[C@](C)(NC(=O)c1ccccc1)c1ccccc1. The van der Waals surface area contributed by atoms with E-state index in [4.69, 9.17) is 0 Å². The molecule has 2 rings (SSSR count). The molecule has 0 bridgehead atoms. The van der Waals surface area contributed by atoms with Crippen molar-refractivity contribution >= 4 is 11.7 Å². The Hall–Kier alpha value is -2.42. The molecular formula is C17H17NO2. The highest BCUT2D eigenvalue weighted by atomic mass is 16.2. The van der Waals surface area contributed by atoms with Gasteiger partial charge in [0.2, 0.25) is 0 Å². The van der Waals surface area contributed by atoms with Gasteiger partial charge < -0.3 is 5.32 Å². The first-order valence-electron chi connectivity index (χ1n) is 6.48. The first kappa shape index (κ1) is 14.0. The maximum Gasteiger partial charge on any atom is 0.252 e. The number of ketones is 1. The maximum absolute atomic E-state index is 12.3. The molecule has 2 aromatic carbocycles. The van der Waals surface area contributed by atoms with E-state index in [1.165, 1.54) is 6.92 Å². The van der Waals surface area contributed by atoms with E-state index in [1.54, 1.807) is 31.2 Å². The second-order valence-electron chi connectivity index (χ2n) is 4.87. The van der Waals surface area contributed by atoms with Gasteiger partial charge in [0.25, 0.3) is 5.91 Å². The molecule has 0 aliphatic rings. The van der Waals surface area contributed by atoms with Crippen LogP contribution in [0.2, 0.25) is 0 Å². The van der Waals surface area contributed by atoms with E-state index in [9.17, 15) is 9.59 Å². The molecule has 0 aliphatic heterocycles. The minimum Gasteiger partial charge on any atom is -0.336 e. The summed E-state index contributed by atoms with van der Waals surface area (Å²) in [4.78, 5) is 24.3. The maximum atomic E-state index is 12.3. The van der Waals surface area contributed by atoms with Crippen LogP contribution in [0.1, 0.15) is 29.8 Å². The zero-order chi connectivity index (χ0) is 14.6. The van der Waals surface area contributed by atoms with Crippen LogP contribution in [-0.2, 0) is 10.3 Å². The van der Waals surface area contributed by atoms with E-state index in [2.05, 4.69) is 5.32 Å². The number of carbonyl (C=O) groups is 2. The molecule has 0 heterocycles. The lowest BCUT2D eigenvalue weighted by Crippen LogP contribution is -2.48. The highest BCUT2D eigenvalue weighted by molar-refractivity contribution is 5.99. The summed E-state index contributed by atoms with van der Waals surface area (Å²) in [6.45, 7) is 3.21. The zero-order valence-electron chi connectivity index (χ0n) is 11.6. The Balaban J connectivity index is 2.32. The van der Waals surface area contributed by atoms with Crippen molar-refractivity contribution in [2.75, 3.05) is 0 Å². The van der Waals surface area contributed by atoms with E-state index < -0.39 is 5.54 Å². The molecule has 0 aliphatic carbocycles. The molecule has 0 saturated carbocycles. The smallest absolute Gasteiger partial charge is 0.252 e. The highest BCUT2D eigenvalue weighted by Gasteiger charge is 2.33. The summed E-state index contributed by atoms with van der Waals surface area (Å²) < 4.78 is 0. The second-order valence-corrected chi connectivity index (χ2v) is 4.87. The number of benzene rings is 2. The predicted octanol–water partition coefficient (Wildman–Crippen LogP) is 2.92. The Labute approximate surface area is 118 Å². The normalized spacial score (nSPS) is 13.3. The van der Waals surface area contributed by atoms with Gasteiger partial charge in [-0.1, -0.05) is 48.5 Å². The van der Waals surface area contributed by atoms with Crippen LogP contribution >= 0.6 is 0 Å². The molecule has 1 N–H and O–H groups in total. The topological polar surface area (TPSA) is 46.2 Å². The Morgan fingerprint density at radius 1 is 0.900 bits per heavy atom. The van der Waals surface area contributed by atoms with Crippen LogP contribution in [0.4, 0.5) is 0 Å². The van der Waals surface area contributed by atoms with Gasteiger partial charge in [-0.15, -0.1) is 0 Å². The molecule has 20 heavy (non-hydrogen) atoms. The number of nitrogens with one attached hydrogen (secondary N) is 1. The molecule has 0 fully saturated rings. The Morgan fingerprint density at radius 2 is 1.40 bits per heavy atom. The fourth-order valence-electron chi connectivity index (χ4n) is 2.02. The van der Waals surface area contributed by atoms with Crippen LogP contribution in [0.15, 0.2) is 60.7 Å². The third kappa shape index (κ3) is 2.77. The Kier molecular flexibility index (Phi) is 3.99. The molecule has 3 nitrogen and oxygen atoms in total. The van der Waals surface area contributed by atoms with Crippen molar-refractivity contribution in [3.8, 4) is 0 Å². The van der Waals surface area contributed by atoms with Gasteiger partial charge >= 0.3 is 0 Å². The van der Waals surface area contributed by atoms with Crippen molar-refractivity contribution in [3.63, 3.8) is 0 Å². The number of hydrogen-bond donors (Lipinski definition) is 1. The third-order valence-electron chi connectivity index (χ3n) is 3.45. The molecule has 1 amide bonds. The zero-order valence-corrected chi connectivity index (χ0v) is 11.6. The van der Waals surface area contributed by atoms with Gasteiger partial charge in [0.1, 0.15) is 5.54 Å². The third-order valence-corrected chi connectivity index (χ3v) is 3.45. The number of hydrogen-bond acceptors (Lipinski definition) is 2. The molecular weight excluding hydrogens is 250 g/mol. The summed E-state index contributed by atoms with van der Waals surface area (Å²) in [5.74, 6) is -0.361. The molecule has 0 unspecified atom stereocenters. The fourth-order valence-corrected chi connectivity index (χ4v) is 2.02. The average Bonchev–Trinajstić information content (AvgIpc) is 2.48. The molecule has 0 saturated heterocycles. The fraction of sp³-hybridized carbons (Fsp3) is 0.176. The molecule has 0 spiro atoms. The van der Waals surface area contributed by atoms with E-state index >= 15 is 0 Å². The first-order valence-corrected chi connectivity index (χ1v) is 6.48. The summed E-state index contributed by atoms with van der Waals surface area (Å²) in [5, 5.41) is 2.84. The van der Waals surface area contributed by atoms with E-state index in [0.717, 1.165) is 5.56 Å². The lowest BCUT2D eigenvalue weighted by Gasteiger charge is -2.28. The first-order chi connectivity index (χ1) is 9.54. The van der Waals surface area contributed by atoms with Crippen molar-refractivity contribution in [1.82, 2.24) is 5.32 Å². The van der Waals surface area contributed by atoms with Crippen molar-refractivity contribution in [1.29, 1.82) is 0 Å². The van der Waals surface area contributed by atoms with Gasteiger partial charge in [0, 0.05) is 5.56 Å². The van der Waals surface area contributed by atoms with Gasteiger partial charge in [-0.05, 0) is 31.5 Å². The lowest BCUT2D eigenvalue weighted by atomic mass is 9.88. The summed E-state index contributed by atoms with van der Waals surface area (Å²) in [5.41, 5.74) is 0.293. The van der Waals surface area contributed by atoms with E-state index in [1.807, 2.05) is 36.4 Å². The molecule has 3 heteroatoms. The van der Waals surface area contributed by atoms with Gasteiger partial charge in [-0.25, -0.2) is 0 Å². The summed E-state index contributed by atoms with van der Waals surface area (Å²) in [6, 6.07) is 18.1.